The highest BCUT2D eigenvalue weighted by molar-refractivity contribution is 9.10. The molecule has 7 heteroatoms. The highest BCUT2D eigenvalue weighted by Crippen LogP contribution is 2.26. The van der Waals surface area contributed by atoms with Gasteiger partial charge in [-0.2, -0.15) is 0 Å². The summed E-state index contributed by atoms with van der Waals surface area (Å²) in [6, 6.07) is 10.5. The quantitative estimate of drug-likeness (QED) is 0.774. The lowest BCUT2D eigenvalue weighted by Crippen LogP contribution is -2.31. The van der Waals surface area contributed by atoms with E-state index in [4.69, 9.17) is 0 Å². The molecule has 5 nitrogen and oxygen atoms in total. The Bertz CT molecular complexity index is 869. The van der Waals surface area contributed by atoms with Crippen molar-refractivity contribution in [2.24, 2.45) is 0 Å². The predicted octanol–water partition coefficient (Wildman–Crippen LogP) is 3.60. The number of imide groups is 1. The Labute approximate surface area is 151 Å². The summed E-state index contributed by atoms with van der Waals surface area (Å²) in [5, 5.41) is 2.58. The van der Waals surface area contributed by atoms with Gasteiger partial charge >= 0.3 is 0 Å². The minimum atomic E-state index is -0.435. The van der Waals surface area contributed by atoms with Gasteiger partial charge in [0.25, 0.3) is 11.8 Å². The molecule has 3 rings (SSSR count). The number of anilines is 1. The number of carbonyl (C=O) groups is 3. The van der Waals surface area contributed by atoms with Crippen molar-refractivity contribution in [2.45, 2.75) is 12.8 Å². The summed E-state index contributed by atoms with van der Waals surface area (Å²) in [5.41, 5.74) is 1.11. The number of benzene rings is 2. The number of halogens is 2. The van der Waals surface area contributed by atoms with E-state index < -0.39 is 5.82 Å². The number of nitrogens with one attached hydrogen (secondary N) is 1. The molecule has 0 fully saturated rings. The smallest absolute Gasteiger partial charge is 0.261 e. The molecule has 0 atom stereocenters. The summed E-state index contributed by atoms with van der Waals surface area (Å²) in [6.45, 7) is 0.153. The topological polar surface area (TPSA) is 66.5 Å². The maximum Gasteiger partial charge on any atom is 0.261 e. The molecule has 2 aromatic carbocycles. The summed E-state index contributed by atoms with van der Waals surface area (Å²) in [6.07, 6.45) is 0.446. The molecular weight excluding hydrogens is 391 g/mol. The Kier molecular flexibility index (Phi) is 4.94. The molecule has 1 aliphatic rings. The molecule has 2 aromatic rings. The second-order valence-electron chi connectivity index (χ2n) is 5.61. The van der Waals surface area contributed by atoms with Gasteiger partial charge in [0.2, 0.25) is 5.91 Å². The first-order chi connectivity index (χ1) is 12.0. The van der Waals surface area contributed by atoms with Gasteiger partial charge in [0.05, 0.1) is 11.1 Å². The Morgan fingerprint density at radius 3 is 2.60 bits per heavy atom. The lowest BCUT2D eigenvalue weighted by atomic mass is 10.1. The SMILES string of the molecule is O=C(CCCN1C(=O)c2ccc(Br)cc2C1=O)Nc1cccc(F)c1. The Morgan fingerprint density at radius 1 is 1.08 bits per heavy atom. The molecule has 0 saturated heterocycles. The number of carbonyl (C=O) groups excluding carboxylic acids is 3. The van der Waals surface area contributed by atoms with Gasteiger partial charge in [-0.25, -0.2) is 4.39 Å². The summed E-state index contributed by atoms with van der Waals surface area (Å²) in [4.78, 5) is 37.6. The van der Waals surface area contributed by atoms with Crippen LogP contribution in [0.15, 0.2) is 46.9 Å². The molecular formula is C18H14BrFN2O3. The van der Waals surface area contributed by atoms with Crippen molar-refractivity contribution in [1.29, 1.82) is 0 Å². The molecule has 0 radical (unpaired) electrons. The Balaban J connectivity index is 1.55. The maximum atomic E-state index is 13.1. The van der Waals surface area contributed by atoms with E-state index in [1.807, 2.05) is 0 Å². The van der Waals surface area contributed by atoms with Crippen LogP contribution >= 0.6 is 15.9 Å². The zero-order valence-corrected chi connectivity index (χ0v) is 14.7. The number of hydrogen-bond acceptors (Lipinski definition) is 3. The fourth-order valence-corrected chi connectivity index (χ4v) is 3.01. The van der Waals surface area contributed by atoms with Crippen LogP contribution in [0, 0.1) is 5.82 Å². The number of amides is 3. The van der Waals surface area contributed by atoms with Gasteiger partial charge in [0, 0.05) is 23.1 Å². The normalized spacial score (nSPS) is 13.1. The highest BCUT2D eigenvalue weighted by Gasteiger charge is 2.35. The average molecular weight is 405 g/mol. The lowest BCUT2D eigenvalue weighted by Gasteiger charge is -2.13. The third kappa shape index (κ3) is 3.76. The first-order valence-corrected chi connectivity index (χ1v) is 8.46. The largest absolute Gasteiger partial charge is 0.326 e. The van der Waals surface area contributed by atoms with Gasteiger partial charge < -0.3 is 5.32 Å². The number of nitrogens with zero attached hydrogens (tertiary/aromatic N) is 1. The minimum absolute atomic E-state index is 0.119. The van der Waals surface area contributed by atoms with Gasteiger partial charge in [-0.1, -0.05) is 22.0 Å². The minimum Gasteiger partial charge on any atom is -0.326 e. The van der Waals surface area contributed by atoms with Crippen molar-refractivity contribution < 1.29 is 18.8 Å². The molecule has 3 amide bonds. The molecule has 25 heavy (non-hydrogen) atoms. The van der Waals surface area contributed by atoms with Crippen LogP contribution in [-0.4, -0.2) is 29.2 Å². The zero-order chi connectivity index (χ0) is 18.0. The number of fused-ring (bicyclic) bond motifs is 1. The van der Waals surface area contributed by atoms with Gasteiger partial charge in [-0.05, 0) is 42.8 Å². The standard InChI is InChI=1S/C18H14BrFN2O3/c19-11-6-7-14-15(9-11)18(25)22(17(14)24)8-2-5-16(23)21-13-4-1-3-12(20)10-13/h1,3-4,6-7,9-10H,2,5,8H2,(H,21,23). The van der Waals surface area contributed by atoms with Crippen molar-refractivity contribution in [2.75, 3.05) is 11.9 Å². The van der Waals surface area contributed by atoms with Crippen LogP contribution in [0.25, 0.3) is 0 Å². The van der Waals surface area contributed by atoms with Crippen LogP contribution in [0.5, 0.6) is 0 Å². The number of hydrogen-bond donors (Lipinski definition) is 1. The average Bonchev–Trinajstić information content (AvgIpc) is 2.79. The van der Waals surface area contributed by atoms with Crippen molar-refractivity contribution >= 4 is 39.3 Å². The van der Waals surface area contributed by atoms with Crippen LogP contribution in [0.2, 0.25) is 0 Å². The van der Waals surface area contributed by atoms with E-state index in [-0.39, 0.29) is 30.7 Å². The fourth-order valence-electron chi connectivity index (χ4n) is 2.65. The van der Waals surface area contributed by atoms with E-state index in [1.54, 1.807) is 24.3 Å². The fraction of sp³-hybridized carbons (Fsp3) is 0.167. The van der Waals surface area contributed by atoms with E-state index in [0.717, 1.165) is 9.37 Å². The molecule has 1 heterocycles. The van der Waals surface area contributed by atoms with E-state index in [1.165, 1.54) is 18.2 Å². The second-order valence-corrected chi connectivity index (χ2v) is 6.53. The van der Waals surface area contributed by atoms with Crippen LogP contribution < -0.4 is 5.32 Å². The molecule has 0 aromatic heterocycles. The van der Waals surface area contributed by atoms with Gasteiger partial charge in [-0.15, -0.1) is 0 Å². The first-order valence-electron chi connectivity index (χ1n) is 7.67. The van der Waals surface area contributed by atoms with Crippen LogP contribution in [-0.2, 0) is 4.79 Å². The summed E-state index contributed by atoms with van der Waals surface area (Å²) < 4.78 is 13.8. The maximum absolute atomic E-state index is 13.1. The van der Waals surface area contributed by atoms with Gasteiger partial charge in [0.15, 0.2) is 0 Å². The Hall–Kier alpha value is -2.54. The molecule has 0 aliphatic carbocycles. The Morgan fingerprint density at radius 2 is 1.84 bits per heavy atom. The molecule has 0 saturated carbocycles. The van der Waals surface area contributed by atoms with Gasteiger partial charge in [-0.3, -0.25) is 19.3 Å². The second kappa shape index (κ2) is 7.14. The van der Waals surface area contributed by atoms with Gasteiger partial charge in [0.1, 0.15) is 5.82 Å². The molecule has 128 valence electrons. The number of rotatable bonds is 5. The third-order valence-electron chi connectivity index (χ3n) is 3.83. The zero-order valence-electron chi connectivity index (χ0n) is 13.1. The molecule has 0 bridgehead atoms. The highest BCUT2D eigenvalue weighted by atomic mass is 79.9. The van der Waals surface area contributed by atoms with Crippen molar-refractivity contribution in [3.05, 3.63) is 63.9 Å². The monoisotopic (exact) mass is 404 g/mol. The van der Waals surface area contributed by atoms with Crippen molar-refractivity contribution in [3.63, 3.8) is 0 Å². The first kappa shape index (κ1) is 17.3. The van der Waals surface area contributed by atoms with E-state index >= 15 is 0 Å². The van der Waals surface area contributed by atoms with Crippen LogP contribution in [0.1, 0.15) is 33.6 Å². The molecule has 0 spiro atoms. The predicted molar refractivity (Wildman–Crippen MR) is 93.8 cm³/mol. The van der Waals surface area contributed by atoms with Crippen molar-refractivity contribution in [1.82, 2.24) is 4.90 Å². The van der Waals surface area contributed by atoms with E-state index in [9.17, 15) is 18.8 Å². The summed E-state index contributed by atoms with van der Waals surface area (Å²) >= 11 is 3.28. The van der Waals surface area contributed by atoms with E-state index in [0.29, 0.717) is 23.2 Å². The van der Waals surface area contributed by atoms with Crippen molar-refractivity contribution in [3.8, 4) is 0 Å². The molecule has 0 unspecified atom stereocenters. The van der Waals surface area contributed by atoms with Crippen LogP contribution in [0.3, 0.4) is 0 Å². The lowest BCUT2D eigenvalue weighted by molar-refractivity contribution is -0.116. The summed E-state index contributed by atoms with van der Waals surface area (Å²) in [5.74, 6) is -1.44. The molecule has 1 aliphatic heterocycles. The van der Waals surface area contributed by atoms with Crippen LogP contribution in [0.4, 0.5) is 10.1 Å². The summed E-state index contributed by atoms with van der Waals surface area (Å²) in [7, 11) is 0. The van der Waals surface area contributed by atoms with E-state index in [2.05, 4.69) is 21.2 Å². The third-order valence-corrected chi connectivity index (χ3v) is 4.32. The molecule has 1 N–H and O–H groups in total.